The second-order valence-electron chi connectivity index (χ2n) is 3.79. The molecule has 0 unspecified atom stereocenters. The molecule has 0 aromatic heterocycles. The summed E-state index contributed by atoms with van der Waals surface area (Å²) in [5.41, 5.74) is 10.3. The number of hydrogen-bond donors (Lipinski definition) is 4. The summed E-state index contributed by atoms with van der Waals surface area (Å²) in [5.74, 6) is 9.14. The Kier molecular flexibility index (Phi) is 13.4. The molecule has 6 nitrogen and oxygen atoms in total. The third-order valence-corrected chi connectivity index (χ3v) is 2.11. The van der Waals surface area contributed by atoms with Gasteiger partial charge in [0.05, 0.1) is 0 Å². The quantitative estimate of drug-likeness (QED) is 0.308. The number of rotatable bonds is 6. The number of carbonyl (C=O) groups is 1. The molecule has 0 aliphatic carbocycles. The van der Waals surface area contributed by atoms with Gasteiger partial charge in [0.2, 0.25) is 0 Å². The Morgan fingerprint density at radius 2 is 1.44 bits per heavy atom. The Hall–Kier alpha value is -0.850. The fourth-order valence-corrected chi connectivity index (χ4v) is 1.08. The van der Waals surface area contributed by atoms with Gasteiger partial charge in [0, 0.05) is 6.04 Å². The molecule has 0 aromatic rings. The highest BCUT2D eigenvalue weighted by atomic mass is 16.2. The van der Waals surface area contributed by atoms with Gasteiger partial charge in [-0.3, -0.25) is 0 Å². The minimum absolute atomic E-state index is 0.306. The van der Waals surface area contributed by atoms with Gasteiger partial charge in [-0.2, -0.15) is 5.12 Å². The molecule has 0 spiro atoms. The number of nitrogens with two attached hydrogens (primary N) is 4. The van der Waals surface area contributed by atoms with E-state index in [1.54, 1.807) is 0 Å². The molecule has 16 heavy (non-hydrogen) atoms. The maximum atomic E-state index is 9.60. The van der Waals surface area contributed by atoms with Crippen molar-refractivity contribution in [1.82, 2.24) is 5.12 Å². The lowest BCUT2D eigenvalue weighted by Crippen LogP contribution is -2.46. The van der Waals surface area contributed by atoms with E-state index in [0.717, 1.165) is 0 Å². The molecule has 0 saturated carbocycles. The maximum absolute atomic E-state index is 9.60. The van der Waals surface area contributed by atoms with Gasteiger partial charge in [0.1, 0.15) is 0 Å². The second-order valence-corrected chi connectivity index (χ2v) is 3.79. The molecular formula is C10H27N5O. The molecule has 6 heteroatoms. The summed E-state index contributed by atoms with van der Waals surface area (Å²) < 4.78 is 0. The average Bonchev–Trinajstić information content (AvgIpc) is 2.24. The van der Waals surface area contributed by atoms with Crippen molar-refractivity contribution >= 4 is 6.03 Å². The van der Waals surface area contributed by atoms with Crippen LogP contribution in [0.1, 0.15) is 52.4 Å². The highest BCUT2D eigenvalue weighted by Crippen LogP contribution is 2.05. The van der Waals surface area contributed by atoms with E-state index in [-0.39, 0.29) is 0 Å². The number of carbonyl (C=O) groups excluding carboxylic acids is 1. The molecule has 98 valence electrons. The fraction of sp³-hybridized carbons (Fsp3) is 0.900. The standard InChI is InChI=1S/C9H21N.CH6N4O/c1-3-5-7-9(10)8-6-4-2;2-1(6)5(3)4/h9H,3-8,10H2,1-2H3;3-4H2,(H2,2,6). The van der Waals surface area contributed by atoms with Crippen LogP contribution in [0.2, 0.25) is 0 Å². The van der Waals surface area contributed by atoms with Crippen LogP contribution in [-0.4, -0.2) is 17.2 Å². The Bertz CT molecular complexity index is 155. The van der Waals surface area contributed by atoms with Gasteiger partial charge in [0.15, 0.2) is 0 Å². The lowest BCUT2D eigenvalue weighted by atomic mass is 10.1. The number of hydrazine groups is 2. The Labute approximate surface area is 98.3 Å². The smallest absolute Gasteiger partial charge is 0.343 e. The zero-order valence-electron chi connectivity index (χ0n) is 10.5. The summed E-state index contributed by atoms with van der Waals surface area (Å²) in [7, 11) is 0. The van der Waals surface area contributed by atoms with Gasteiger partial charge in [-0.05, 0) is 12.8 Å². The number of unbranched alkanes of at least 4 members (excludes halogenated alkanes) is 2. The first-order chi connectivity index (χ1) is 7.45. The van der Waals surface area contributed by atoms with Crippen LogP contribution in [0.4, 0.5) is 4.79 Å². The molecule has 0 saturated heterocycles. The molecule has 0 fully saturated rings. The molecule has 0 aliphatic rings. The Morgan fingerprint density at radius 1 is 1.12 bits per heavy atom. The minimum Gasteiger partial charge on any atom is -0.349 e. The lowest BCUT2D eigenvalue weighted by molar-refractivity contribution is 0.210. The largest absolute Gasteiger partial charge is 0.349 e. The molecule has 0 aliphatic heterocycles. The molecule has 0 heterocycles. The van der Waals surface area contributed by atoms with E-state index < -0.39 is 6.03 Å². The van der Waals surface area contributed by atoms with E-state index in [1.807, 2.05) is 0 Å². The summed E-state index contributed by atoms with van der Waals surface area (Å²) in [6.07, 6.45) is 7.59. The first kappa shape index (κ1) is 17.5. The van der Waals surface area contributed by atoms with E-state index >= 15 is 0 Å². The maximum Gasteiger partial charge on any atom is 0.343 e. The summed E-state index contributed by atoms with van der Waals surface area (Å²) in [6.45, 7) is 4.43. The van der Waals surface area contributed by atoms with Gasteiger partial charge in [0.25, 0.3) is 0 Å². The van der Waals surface area contributed by atoms with Crippen molar-refractivity contribution in [1.29, 1.82) is 0 Å². The second kappa shape index (κ2) is 12.2. The first-order valence-corrected chi connectivity index (χ1v) is 5.80. The third kappa shape index (κ3) is 15.6. The molecule has 8 N–H and O–H groups in total. The summed E-state index contributed by atoms with van der Waals surface area (Å²) in [4.78, 5) is 9.60. The number of primary amides is 1. The summed E-state index contributed by atoms with van der Waals surface area (Å²) in [6, 6.07) is -0.380. The van der Waals surface area contributed by atoms with Crippen molar-refractivity contribution in [2.24, 2.45) is 23.2 Å². The van der Waals surface area contributed by atoms with Crippen LogP contribution in [0.3, 0.4) is 0 Å². The zero-order valence-corrected chi connectivity index (χ0v) is 10.5. The van der Waals surface area contributed by atoms with E-state index in [9.17, 15) is 4.79 Å². The van der Waals surface area contributed by atoms with Gasteiger partial charge >= 0.3 is 6.03 Å². The summed E-state index contributed by atoms with van der Waals surface area (Å²) >= 11 is 0. The van der Waals surface area contributed by atoms with Crippen molar-refractivity contribution < 1.29 is 4.79 Å². The average molecular weight is 233 g/mol. The van der Waals surface area contributed by atoms with Crippen LogP contribution >= 0.6 is 0 Å². The van der Waals surface area contributed by atoms with E-state index in [1.165, 1.54) is 38.5 Å². The number of urea groups is 1. The molecule has 0 rings (SSSR count). The van der Waals surface area contributed by atoms with E-state index in [4.69, 9.17) is 5.73 Å². The molecule has 0 atom stereocenters. The van der Waals surface area contributed by atoms with E-state index in [0.29, 0.717) is 11.2 Å². The molecule has 0 radical (unpaired) electrons. The lowest BCUT2D eigenvalue weighted by Gasteiger charge is -2.08. The monoisotopic (exact) mass is 233 g/mol. The van der Waals surface area contributed by atoms with Crippen LogP contribution < -0.4 is 23.2 Å². The van der Waals surface area contributed by atoms with Crippen LogP contribution in [-0.2, 0) is 0 Å². The Morgan fingerprint density at radius 3 is 1.62 bits per heavy atom. The molecule has 0 bridgehead atoms. The third-order valence-electron chi connectivity index (χ3n) is 2.11. The van der Waals surface area contributed by atoms with Crippen molar-refractivity contribution in [2.45, 2.75) is 58.4 Å². The number of nitrogens with zero attached hydrogens (tertiary/aromatic N) is 1. The fourth-order valence-electron chi connectivity index (χ4n) is 1.08. The van der Waals surface area contributed by atoms with Crippen LogP contribution in [0, 0.1) is 0 Å². The van der Waals surface area contributed by atoms with Gasteiger partial charge in [-0.1, -0.05) is 39.5 Å². The molecule has 0 aromatic carbocycles. The molecular weight excluding hydrogens is 206 g/mol. The van der Waals surface area contributed by atoms with Gasteiger partial charge in [-0.15, -0.1) is 0 Å². The zero-order chi connectivity index (χ0) is 13.0. The van der Waals surface area contributed by atoms with Crippen molar-refractivity contribution in [2.75, 3.05) is 0 Å². The highest BCUT2D eigenvalue weighted by Gasteiger charge is 1.99. The van der Waals surface area contributed by atoms with Crippen LogP contribution in [0.5, 0.6) is 0 Å². The first-order valence-electron chi connectivity index (χ1n) is 5.80. The highest BCUT2D eigenvalue weighted by molar-refractivity contribution is 5.70. The van der Waals surface area contributed by atoms with Crippen molar-refractivity contribution in [3.8, 4) is 0 Å². The number of hydrogen-bond acceptors (Lipinski definition) is 4. The van der Waals surface area contributed by atoms with Crippen LogP contribution in [0.25, 0.3) is 0 Å². The minimum atomic E-state index is -0.852. The topological polar surface area (TPSA) is 124 Å². The summed E-state index contributed by atoms with van der Waals surface area (Å²) in [5, 5.41) is 0.306. The Balaban J connectivity index is 0. The molecule has 2 amide bonds. The SMILES string of the molecule is CCCCC(N)CCCC.NC(=O)N(N)N. The predicted octanol–water partition coefficient (Wildman–Crippen LogP) is 0.809. The van der Waals surface area contributed by atoms with Crippen LogP contribution in [0.15, 0.2) is 0 Å². The predicted molar refractivity (Wildman–Crippen MR) is 66.8 cm³/mol. The normalized spacial score (nSPS) is 9.62. The van der Waals surface area contributed by atoms with Crippen molar-refractivity contribution in [3.63, 3.8) is 0 Å². The van der Waals surface area contributed by atoms with Gasteiger partial charge in [-0.25, -0.2) is 16.5 Å². The van der Waals surface area contributed by atoms with E-state index in [2.05, 4.69) is 31.3 Å². The van der Waals surface area contributed by atoms with Crippen molar-refractivity contribution in [3.05, 3.63) is 0 Å². The number of amides is 2. The van der Waals surface area contributed by atoms with Gasteiger partial charge < -0.3 is 11.5 Å².